The predicted molar refractivity (Wildman–Crippen MR) is 59.3 cm³/mol. The number of H-pyrrole nitrogens is 1. The van der Waals surface area contributed by atoms with Gasteiger partial charge in [-0.2, -0.15) is 5.10 Å². The number of aromatic nitrogens is 2. The maximum Gasteiger partial charge on any atom is 0.527 e. The molecule has 0 aliphatic rings. The van der Waals surface area contributed by atoms with Crippen LogP contribution in [0.3, 0.4) is 0 Å². The first-order chi connectivity index (χ1) is 8.00. The van der Waals surface area contributed by atoms with Crippen LogP contribution < -0.4 is 10.3 Å². The van der Waals surface area contributed by atoms with Crippen molar-refractivity contribution in [1.29, 1.82) is 0 Å². The molecule has 2 rings (SSSR count). The lowest BCUT2D eigenvalue weighted by molar-refractivity contribution is 0.415. The molecule has 0 saturated heterocycles. The first-order valence-corrected chi connectivity index (χ1v) is 4.90. The van der Waals surface area contributed by atoms with Crippen molar-refractivity contribution >= 4 is 12.6 Å². The number of nitrogens with one attached hydrogen (secondary N) is 1. The fourth-order valence-electron chi connectivity index (χ4n) is 1.41. The maximum absolute atomic E-state index is 12.4. The van der Waals surface area contributed by atoms with Gasteiger partial charge in [0.1, 0.15) is 5.75 Å². The molecule has 1 aromatic carbocycles. The number of hydrogen-bond donors (Lipinski definition) is 1. The summed E-state index contributed by atoms with van der Waals surface area (Å²) in [5.74, 6) is 0.643. The summed E-state index contributed by atoms with van der Waals surface area (Å²) in [6.45, 7) is -5.04. The Balaban J connectivity index is 2.30. The SMILES string of the molecule is COc1ccc(-c2cc([B-](F)(F)F)[nH]n2)cc1. The second-order valence-electron chi connectivity index (χ2n) is 3.51. The van der Waals surface area contributed by atoms with Gasteiger partial charge in [-0.05, 0) is 35.9 Å². The molecule has 0 unspecified atom stereocenters. The summed E-state index contributed by atoms with van der Waals surface area (Å²) in [5, 5.41) is 5.63. The monoisotopic (exact) mass is 241 g/mol. The number of methoxy groups -OCH3 is 1. The highest BCUT2D eigenvalue weighted by atomic mass is 19.4. The van der Waals surface area contributed by atoms with Crippen LogP contribution in [0.25, 0.3) is 11.3 Å². The lowest BCUT2D eigenvalue weighted by Crippen LogP contribution is -2.35. The first-order valence-electron chi connectivity index (χ1n) is 4.90. The minimum Gasteiger partial charge on any atom is -0.497 e. The third kappa shape index (κ3) is 2.43. The van der Waals surface area contributed by atoms with Gasteiger partial charge in [0.2, 0.25) is 0 Å². The molecule has 0 bridgehead atoms. The second-order valence-corrected chi connectivity index (χ2v) is 3.51. The van der Waals surface area contributed by atoms with Crippen LogP contribution in [-0.4, -0.2) is 24.3 Å². The molecule has 0 aliphatic carbocycles. The van der Waals surface area contributed by atoms with Crippen molar-refractivity contribution in [2.45, 2.75) is 0 Å². The maximum atomic E-state index is 12.4. The predicted octanol–water partition coefficient (Wildman–Crippen LogP) is 2.14. The minimum atomic E-state index is -5.04. The van der Waals surface area contributed by atoms with E-state index in [-0.39, 0.29) is 5.69 Å². The van der Waals surface area contributed by atoms with Crippen molar-refractivity contribution in [1.82, 2.24) is 10.2 Å². The number of hydrogen-bond acceptors (Lipinski definition) is 2. The van der Waals surface area contributed by atoms with Crippen LogP contribution in [0.2, 0.25) is 0 Å². The van der Waals surface area contributed by atoms with Gasteiger partial charge in [-0.3, -0.25) is 0 Å². The molecule has 1 aromatic heterocycles. The Labute approximate surface area is 95.7 Å². The summed E-state index contributed by atoms with van der Waals surface area (Å²) >= 11 is 0. The van der Waals surface area contributed by atoms with Crippen molar-refractivity contribution in [2.24, 2.45) is 0 Å². The van der Waals surface area contributed by atoms with Crippen LogP contribution in [0.1, 0.15) is 0 Å². The number of aromatic amines is 1. The molecule has 0 saturated carbocycles. The van der Waals surface area contributed by atoms with Gasteiger partial charge in [-0.15, -0.1) is 0 Å². The molecular weight excluding hydrogens is 232 g/mol. The van der Waals surface area contributed by atoms with Crippen LogP contribution in [-0.2, 0) is 0 Å². The van der Waals surface area contributed by atoms with Gasteiger partial charge < -0.3 is 22.8 Å². The summed E-state index contributed by atoms with van der Waals surface area (Å²) in [7, 11) is 1.52. The Hall–Kier alpha value is -1.92. The number of benzene rings is 1. The highest BCUT2D eigenvalue weighted by Crippen LogP contribution is 2.20. The molecule has 1 heterocycles. The molecule has 0 amide bonds. The van der Waals surface area contributed by atoms with Crippen molar-refractivity contribution in [2.75, 3.05) is 7.11 Å². The van der Waals surface area contributed by atoms with Gasteiger partial charge in [0.25, 0.3) is 0 Å². The number of ether oxygens (including phenoxy) is 1. The van der Waals surface area contributed by atoms with Gasteiger partial charge in [0.15, 0.2) is 0 Å². The van der Waals surface area contributed by atoms with Gasteiger partial charge in [0.05, 0.1) is 12.8 Å². The topological polar surface area (TPSA) is 37.9 Å². The van der Waals surface area contributed by atoms with Crippen LogP contribution in [0.4, 0.5) is 12.9 Å². The standard InChI is InChI=1S/C10H9BF3N2O/c1-17-8-4-2-7(3-5-8)9-6-10(16-15-9)11(12,13)14/h2-6H,1H3,(H,15,16)/q-1. The van der Waals surface area contributed by atoms with Gasteiger partial charge in [-0.1, -0.05) is 0 Å². The molecular formula is C10H9BF3N2O-. The highest BCUT2D eigenvalue weighted by Gasteiger charge is 2.28. The Morgan fingerprint density at radius 1 is 1.18 bits per heavy atom. The third-order valence-corrected chi connectivity index (χ3v) is 2.34. The van der Waals surface area contributed by atoms with E-state index in [2.05, 4.69) is 5.10 Å². The second kappa shape index (κ2) is 4.16. The molecule has 0 aliphatic heterocycles. The van der Waals surface area contributed by atoms with Gasteiger partial charge >= 0.3 is 6.98 Å². The number of halogens is 3. The van der Waals surface area contributed by atoms with Crippen molar-refractivity contribution in [3.63, 3.8) is 0 Å². The molecule has 0 fully saturated rings. The Bertz CT molecular complexity index is 507. The van der Waals surface area contributed by atoms with Gasteiger partial charge in [0, 0.05) is 5.56 Å². The zero-order chi connectivity index (χ0) is 12.5. The van der Waals surface area contributed by atoms with Crippen LogP contribution in [0.15, 0.2) is 30.3 Å². The molecule has 1 N–H and O–H groups in total. The molecule has 17 heavy (non-hydrogen) atoms. The highest BCUT2D eigenvalue weighted by molar-refractivity contribution is 6.72. The lowest BCUT2D eigenvalue weighted by Gasteiger charge is -2.09. The van der Waals surface area contributed by atoms with Gasteiger partial charge in [-0.25, -0.2) is 0 Å². The van der Waals surface area contributed by atoms with Crippen LogP contribution >= 0.6 is 0 Å². The molecule has 3 nitrogen and oxygen atoms in total. The van der Waals surface area contributed by atoms with E-state index in [1.807, 2.05) is 5.10 Å². The van der Waals surface area contributed by atoms with E-state index in [1.54, 1.807) is 24.3 Å². The van der Waals surface area contributed by atoms with E-state index >= 15 is 0 Å². The Morgan fingerprint density at radius 2 is 1.82 bits per heavy atom. The van der Waals surface area contributed by atoms with E-state index in [4.69, 9.17) is 4.74 Å². The Morgan fingerprint density at radius 3 is 2.29 bits per heavy atom. The fourth-order valence-corrected chi connectivity index (χ4v) is 1.41. The summed E-state index contributed by atoms with van der Waals surface area (Å²) < 4.78 is 42.2. The van der Waals surface area contributed by atoms with Crippen LogP contribution in [0.5, 0.6) is 5.75 Å². The van der Waals surface area contributed by atoms with E-state index in [9.17, 15) is 12.9 Å². The van der Waals surface area contributed by atoms with E-state index in [0.29, 0.717) is 11.3 Å². The average Bonchev–Trinajstić information content (AvgIpc) is 2.78. The molecule has 0 radical (unpaired) electrons. The van der Waals surface area contributed by atoms with Crippen molar-refractivity contribution < 1.29 is 17.7 Å². The van der Waals surface area contributed by atoms with Crippen molar-refractivity contribution in [3.05, 3.63) is 30.3 Å². The summed E-state index contributed by atoms with van der Waals surface area (Å²) in [4.78, 5) is 0. The number of rotatable bonds is 3. The smallest absolute Gasteiger partial charge is 0.497 e. The molecule has 0 atom stereocenters. The minimum absolute atomic E-state index is 0.266. The van der Waals surface area contributed by atoms with Crippen molar-refractivity contribution in [3.8, 4) is 17.0 Å². The normalized spacial score (nSPS) is 11.5. The largest absolute Gasteiger partial charge is 0.527 e. The summed E-state index contributed by atoms with van der Waals surface area (Å²) in [6.07, 6.45) is 0. The van der Waals surface area contributed by atoms with E-state index in [1.165, 1.54) is 7.11 Å². The molecule has 7 heteroatoms. The van der Waals surface area contributed by atoms with E-state index in [0.717, 1.165) is 6.07 Å². The lowest BCUT2D eigenvalue weighted by atomic mass is 9.86. The molecule has 2 aromatic rings. The van der Waals surface area contributed by atoms with Crippen LogP contribution in [0, 0.1) is 0 Å². The summed E-state index contributed by atoms with van der Waals surface area (Å²) in [6, 6.07) is 7.65. The average molecular weight is 241 g/mol. The summed E-state index contributed by atoms with van der Waals surface area (Å²) in [5.41, 5.74) is 0.0750. The van der Waals surface area contributed by atoms with E-state index < -0.39 is 12.6 Å². The molecule has 90 valence electrons. The number of nitrogens with zero attached hydrogens (tertiary/aromatic N) is 1. The fraction of sp³-hybridized carbons (Fsp3) is 0.100. The first kappa shape index (κ1) is 11.6. The third-order valence-electron chi connectivity index (χ3n) is 2.34. The molecule has 0 spiro atoms. The zero-order valence-electron chi connectivity index (χ0n) is 8.95. The zero-order valence-corrected chi connectivity index (χ0v) is 8.95. The Kier molecular flexibility index (Phi) is 2.83. The quantitative estimate of drug-likeness (QED) is 0.836.